The van der Waals surface area contributed by atoms with Crippen LogP contribution in [0.1, 0.15) is 24.9 Å². The fraction of sp³-hybridized carbons (Fsp3) is 0.214. The van der Waals surface area contributed by atoms with Crippen molar-refractivity contribution in [3.8, 4) is 11.5 Å². The van der Waals surface area contributed by atoms with E-state index in [9.17, 15) is 9.18 Å². The van der Waals surface area contributed by atoms with Crippen LogP contribution in [0.15, 0.2) is 35.3 Å². The molecule has 0 fully saturated rings. The van der Waals surface area contributed by atoms with Crippen molar-refractivity contribution < 1.29 is 9.13 Å². The number of nitrogens with two attached hydrogens (primary N) is 1. The highest BCUT2D eigenvalue weighted by atomic mass is 35.5. The molecule has 0 amide bonds. The van der Waals surface area contributed by atoms with E-state index >= 15 is 0 Å². The number of hydrogen-bond acceptors (Lipinski definition) is 3. The van der Waals surface area contributed by atoms with E-state index in [-0.39, 0.29) is 34.5 Å². The molecule has 1 atom stereocenters. The second kappa shape index (κ2) is 7.45. The fourth-order valence-corrected chi connectivity index (χ4v) is 1.94. The summed E-state index contributed by atoms with van der Waals surface area (Å²) in [6.07, 6.45) is 1.99. The Morgan fingerprint density at radius 3 is 2.76 bits per heavy atom. The zero-order chi connectivity index (χ0) is 14.7. The Labute approximate surface area is 132 Å². The van der Waals surface area contributed by atoms with Crippen LogP contribution in [0.2, 0.25) is 5.02 Å². The summed E-state index contributed by atoms with van der Waals surface area (Å²) in [6.45, 7) is 1.86. The van der Waals surface area contributed by atoms with E-state index in [0.29, 0.717) is 12.0 Å². The molecule has 2 aromatic rings. The average Bonchev–Trinajstić information content (AvgIpc) is 2.43. The second-order valence-corrected chi connectivity index (χ2v) is 4.69. The topological polar surface area (TPSA) is 68.1 Å². The van der Waals surface area contributed by atoms with Gasteiger partial charge in [-0.3, -0.25) is 4.79 Å². The van der Waals surface area contributed by atoms with Gasteiger partial charge in [-0.05, 0) is 18.6 Å². The third kappa shape index (κ3) is 3.97. The summed E-state index contributed by atoms with van der Waals surface area (Å²) in [7, 11) is 0. The van der Waals surface area contributed by atoms with Gasteiger partial charge in [0.05, 0.1) is 5.02 Å². The molecular weight excluding hydrogens is 318 g/mol. The quantitative estimate of drug-likeness (QED) is 0.894. The predicted molar refractivity (Wildman–Crippen MR) is 83.0 cm³/mol. The summed E-state index contributed by atoms with van der Waals surface area (Å²) in [4.78, 5) is 13.6. The highest BCUT2D eigenvalue weighted by Gasteiger charge is 2.18. The maximum absolute atomic E-state index is 14.4. The Hall–Kier alpha value is -1.56. The van der Waals surface area contributed by atoms with E-state index in [4.69, 9.17) is 22.1 Å². The first kappa shape index (κ1) is 17.5. The van der Waals surface area contributed by atoms with Crippen LogP contribution in [0.4, 0.5) is 4.39 Å². The number of nitrogens with one attached hydrogen (secondary N) is 1. The van der Waals surface area contributed by atoms with Crippen molar-refractivity contribution in [2.45, 2.75) is 19.4 Å². The Kier molecular flexibility index (Phi) is 6.20. The van der Waals surface area contributed by atoms with Crippen molar-refractivity contribution in [1.82, 2.24) is 4.98 Å². The van der Waals surface area contributed by atoms with Crippen molar-refractivity contribution in [2.75, 3.05) is 0 Å². The van der Waals surface area contributed by atoms with Crippen LogP contribution in [0.3, 0.4) is 0 Å². The molecule has 2 rings (SSSR count). The van der Waals surface area contributed by atoms with Gasteiger partial charge in [-0.1, -0.05) is 24.6 Å². The van der Waals surface area contributed by atoms with E-state index in [2.05, 4.69) is 4.98 Å². The number of halogens is 3. The molecule has 7 heteroatoms. The van der Waals surface area contributed by atoms with E-state index in [1.807, 2.05) is 6.92 Å². The molecule has 0 saturated heterocycles. The van der Waals surface area contributed by atoms with Gasteiger partial charge < -0.3 is 15.5 Å². The molecule has 1 heterocycles. The van der Waals surface area contributed by atoms with Gasteiger partial charge >= 0.3 is 0 Å². The van der Waals surface area contributed by atoms with Crippen molar-refractivity contribution in [3.05, 3.63) is 57.2 Å². The van der Waals surface area contributed by atoms with Crippen molar-refractivity contribution in [2.24, 2.45) is 5.73 Å². The molecule has 0 spiro atoms. The van der Waals surface area contributed by atoms with Crippen molar-refractivity contribution in [1.29, 1.82) is 0 Å². The van der Waals surface area contributed by atoms with Gasteiger partial charge in [0.1, 0.15) is 5.75 Å². The summed E-state index contributed by atoms with van der Waals surface area (Å²) in [6, 6.07) is 5.34. The fourth-order valence-electron chi connectivity index (χ4n) is 1.75. The molecule has 0 aliphatic carbocycles. The van der Waals surface area contributed by atoms with Crippen LogP contribution in [-0.2, 0) is 0 Å². The van der Waals surface area contributed by atoms with Crippen molar-refractivity contribution in [3.63, 3.8) is 0 Å². The van der Waals surface area contributed by atoms with Gasteiger partial charge in [0.2, 0.25) is 0 Å². The standard InChI is InChI=1S/C14H14ClFN2O2.ClH/c1-2-11(17)9-3-4-10(15)14(13(9)16)20-8-5-6-18-12(19)7-8;/h3-7,11H,2,17H2,1H3,(H,18,19);1H/t11-;/m1./s1. The highest BCUT2D eigenvalue weighted by molar-refractivity contribution is 6.32. The van der Waals surface area contributed by atoms with Gasteiger partial charge in [-0.2, -0.15) is 0 Å². The zero-order valence-corrected chi connectivity index (χ0v) is 12.8. The lowest BCUT2D eigenvalue weighted by Crippen LogP contribution is -2.11. The monoisotopic (exact) mass is 332 g/mol. The number of rotatable bonds is 4. The van der Waals surface area contributed by atoms with E-state index in [1.54, 1.807) is 0 Å². The van der Waals surface area contributed by atoms with Gasteiger partial charge in [0, 0.05) is 23.9 Å². The summed E-state index contributed by atoms with van der Waals surface area (Å²) in [5.74, 6) is -0.525. The molecule has 3 N–H and O–H groups in total. The minimum absolute atomic E-state index is 0. The molecule has 0 bridgehead atoms. The predicted octanol–water partition coefficient (Wildman–Crippen LogP) is 3.79. The minimum Gasteiger partial charge on any atom is -0.452 e. The number of H-pyrrole nitrogens is 1. The van der Waals surface area contributed by atoms with Gasteiger partial charge in [0.15, 0.2) is 11.6 Å². The first-order chi connectivity index (χ1) is 9.52. The average molecular weight is 333 g/mol. The Morgan fingerprint density at radius 1 is 1.43 bits per heavy atom. The first-order valence-corrected chi connectivity index (χ1v) is 6.50. The third-order valence-electron chi connectivity index (χ3n) is 2.88. The number of pyridine rings is 1. The second-order valence-electron chi connectivity index (χ2n) is 4.29. The maximum atomic E-state index is 14.4. The number of benzene rings is 1. The Bertz CT molecular complexity index is 676. The lowest BCUT2D eigenvalue weighted by Gasteiger charge is -2.15. The van der Waals surface area contributed by atoms with Crippen molar-refractivity contribution >= 4 is 24.0 Å². The van der Waals surface area contributed by atoms with Crippen LogP contribution in [0.25, 0.3) is 0 Å². The molecule has 1 aromatic carbocycles. The van der Waals surface area contributed by atoms with Gasteiger partial charge in [-0.25, -0.2) is 4.39 Å². The summed E-state index contributed by atoms with van der Waals surface area (Å²) < 4.78 is 19.8. The molecule has 21 heavy (non-hydrogen) atoms. The Balaban J connectivity index is 0.00000220. The molecule has 0 radical (unpaired) electrons. The molecule has 4 nitrogen and oxygen atoms in total. The third-order valence-corrected chi connectivity index (χ3v) is 3.18. The SMILES string of the molecule is CC[C@@H](N)c1ccc(Cl)c(Oc2cc[nH]c(=O)c2)c1F.Cl. The lowest BCUT2D eigenvalue weighted by molar-refractivity contribution is 0.433. The Morgan fingerprint density at radius 2 is 2.14 bits per heavy atom. The maximum Gasteiger partial charge on any atom is 0.251 e. The van der Waals surface area contributed by atoms with E-state index in [0.717, 1.165) is 0 Å². The molecule has 114 valence electrons. The first-order valence-electron chi connectivity index (χ1n) is 6.13. The largest absolute Gasteiger partial charge is 0.452 e. The van der Waals surface area contributed by atoms with E-state index < -0.39 is 11.9 Å². The number of hydrogen-bond donors (Lipinski definition) is 2. The van der Waals surface area contributed by atoms with Crippen LogP contribution in [-0.4, -0.2) is 4.98 Å². The smallest absolute Gasteiger partial charge is 0.251 e. The van der Waals surface area contributed by atoms with Gasteiger partial charge in [0.25, 0.3) is 5.56 Å². The number of aromatic amines is 1. The van der Waals surface area contributed by atoms with Crippen LogP contribution >= 0.6 is 24.0 Å². The molecule has 0 aliphatic heterocycles. The lowest BCUT2D eigenvalue weighted by atomic mass is 10.0. The van der Waals surface area contributed by atoms with Crippen LogP contribution in [0, 0.1) is 5.82 Å². The summed E-state index contributed by atoms with van der Waals surface area (Å²) in [5.41, 5.74) is 5.82. The van der Waals surface area contributed by atoms with Crippen LogP contribution in [0.5, 0.6) is 11.5 Å². The zero-order valence-electron chi connectivity index (χ0n) is 11.2. The molecule has 0 saturated carbocycles. The normalized spacial score (nSPS) is 11.6. The summed E-state index contributed by atoms with van der Waals surface area (Å²) >= 11 is 5.95. The molecule has 0 aliphatic rings. The van der Waals surface area contributed by atoms with Crippen LogP contribution < -0.4 is 16.0 Å². The molecule has 0 unspecified atom stereocenters. The molecular formula is C14H15Cl2FN2O2. The van der Waals surface area contributed by atoms with E-state index in [1.165, 1.54) is 30.5 Å². The highest BCUT2D eigenvalue weighted by Crippen LogP contribution is 2.35. The number of aromatic nitrogens is 1. The number of ether oxygens (including phenoxy) is 1. The van der Waals surface area contributed by atoms with Gasteiger partial charge in [-0.15, -0.1) is 12.4 Å². The summed E-state index contributed by atoms with van der Waals surface area (Å²) in [5, 5.41) is 0.120. The minimum atomic E-state index is -0.605. The molecule has 1 aromatic heterocycles.